The van der Waals surface area contributed by atoms with Crippen molar-refractivity contribution >= 4 is 19.0 Å². The monoisotopic (exact) mass is 417 g/mol. The van der Waals surface area contributed by atoms with Crippen molar-refractivity contribution in [3.05, 3.63) is 29.3 Å². The van der Waals surface area contributed by atoms with Crippen LogP contribution >= 0.6 is 0 Å². The molecule has 2 aliphatic rings. The summed E-state index contributed by atoms with van der Waals surface area (Å²) in [5, 5.41) is 29.2. The third kappa shape index (κ3) is 5.96. The lowest BCUT2D eigenvalue weighted by atomic mass is 9.72. The van der Waals surface area contributed by atoms with Crippen LogP contribution in [-0.4, -0.2) is 61.2 Å². The van der Waals surface area contributed by atoms with E-state index in [2.05, 4.69) is 22.9 Å². The fraction of sp³-hybridized carbons (Fsp3) is 0.619. The van der Waals surface area contributed by atoms with Crippen LogP contribution in [-0.2, 0) is 11.2 Å². The minimum absolute atomic E-state index is 0.0207. The highest BCUT2D eigenvalue weighted by molar-refractivity contribution is 6.47. The number of hydrogen-bond donors (Lipinski definition) is 5. The number of amides is 1. The molecule has 0 spiro atoms. The van der Waals surface area contributed by atoms with Crippen molar-refractivity contribution in [2.45, 2.75) is 45.0 Å². The lowest BCUT2D eigenvalue weighted by Crippen LogP contribution is -2.53. The summed E-state index contributed by atoms with van der Waals surface area (Å²) in [5.41, 5.74) is 0.697. The second kappa shape index (κ2) is 10.8. The molecule has 1 amide bonds. The molecular formula is C21H32BN3O5. The number of hydrogen-bond acceptors (Lipinski definition) is 6. The maximum absolute atomic E-state index is 12.5. The van der Waals surface area contributed by atoms with E-state index in [0.29, 0.717) is 30.2 Å². The van der Waals surface area contributed by atoms with Crippen LogP contribution in [0.3, 0.4) is 0 Å². The molecule has 3 unspecified atom stereocenters. The smallest absolute Gasteiger partial charge is 0.534 e. The first kappa shape index (κ1) is 22.6. The van der Waals surface area contributed by atoms with Crippen molar-refractivity contribution in [1.29, 1.82) is 0 Å². The van der Waals surface area contributed by atoms with Gasteiger partial charge in [0, 0.05) is 19.5 Å². The van der Waals surface area contributed by atoms with E-state index in [0.717, 1.165) is 45.4 Å². The van der Waals surface area contributed by atoms with Gasteiger partial charge in [-0.2, -0.15) is 0 Å². The number of carbonyl (C=O) groups excluding carboxylic acids is 1. The van der Waals surface area contributed by atoms with Crippen LogP contribution in [0, 0.1) is 11.8 Å². The second-order valence-electron chi connectivity index (χ2n) is 8.29. The standard InChI is InChI=1S/C21H32BN3O5/c1-2-23-8-9-24-13-15-7-6-14(10-15)11-19(26)25-18-12-16-4-3-5-17(21(27)28)20(16)30-22(18)29/h3-5,14-15,18,23-24,29H,2,6-13H2,1H3,(H,25,26)(H,27,28). The van der Waals surface area contributed by atoms with E-state index >= 15 is 0 Å². The van der Waals surface area contributed by atoms with Gasteiger partial charge in [0.2, 0.25) is 5.91 Å². The average molecular weight is 417 g/mol. The highest BCUT2D eigenvalue weighted by atomic mass is 16.5. The van der Waals surface area contributed by atoms with Crippen LogP contribution in [0.15, 0.2) is 18.2 Å². The van der Waals surface area contributed by atoms with E-state index in [1.807, 2.05) is 0 Å². The average Bonchev–Trinajstić information content (AvgIpc) is 3.15. The molecule has 0 saturated heterocycles. The molecule has 0 bridgehead atoms. The zero-order valence-electron chi connectivity index (χ0n) is 17.5. The van der Waals surface area contributed by atoms with Crippen LogP contribution in [0.2, 0.25) is 0 Å². The Hall–Kier alpha value is -2.10. The molecule has 1 fully saturated rings. The Balaban J connectivity index is 1.44. The van der Waals surface area contributed by atoms with Crippen molar-refractivity contribution in [3.8, 4) is 5.75 Å². The number of aromatic carboxylic acids is 1. The quantitative estimate of drug-likeness (QED) is 0.283. The summed E-state index contributed by atoms with van der Waals surface area (Å²) in [6, 6.07) is 4.85. The highest BCUT2D eigenvalue weighted by Gasteiger charge is 2.38. The summed E-state index contributed by atoms with van der Waals surface area (Å²) >= 11 is 0. The Bertz CT molecular complexity index is 747. The van der Waals surface area contributed by atoms with Crippen molar-refractivity contribution in [3.63, 3.8) is 0 Å². The Morgan fingerprint density at radius 3 is 2.73 bits per heavy atom. The number of fused-ring (bicyclic) bond motifs is 1. The fourth-order valence-corrected chi connectivity index (χ4v) is 4.45. The van der Waals surface area contributed by atoms with Crippen molar-refractivity contribution < 1.29 is 24.4 Å². The van der Waals surface area contributed by atoms with Crippen LogP contribution in [0.5, 0.6) is 5.75 Å². The van der Waals surface area contributed by atoms with E-state index in [4.69, 9.17) is 4.65 Å². The van der Waals surface area contributed by atoms with E-state index in [9.17, 15) is 19.7 Å². The second-order valence-corrected chi connectivity index (χ2v) is 8.29. The lowest BCUT2D eigenvalue weighted by molar-refractivity contribution is -0.122. The summed E-state index contributed by atoms with van der Waals surface area (Å²) in [6.45, 7) is 5.99. The summed E-state index contributed by atoms with van der Waals surface area (Å²) in [7, 11) is -1.26. The minimum Gasteiger partial charge on any atom is -0.534 e. The van der Waals surface area contributed by atoms with Gasteiger partial charge >= 0.3 is 13.1 Å². The Labute approximate surface area is 177 Å². The van der Waals surface area contributed by atoms with Crippen molar-refractivity contribution in [1.82, 2.24) is 16.0 Å². The van der Waals surface area contributed by atoms with E-state index in [1.54, 1.807) is 12.1 Å². The normalized spacial score (nSPS) is 23.0. The summed E-state index contributed by atoms with van der Waals surface area (Å²) in [4.78, 5) is 23.9. The predicted octanol–water partition coefficient (Wildman–Crippen LogP) is 0.830. The van der Waals surface area contributed by atoms with Crippen LogP contribution in [0.4, 0.5) is 0 Å². The van der Waals surface area contributed by atoms with Gasteiger partial charge in [0.15, 0.2) is 0 Å². The molecule has 1 heterocycles. The molecule has 0 radical (unpaired) electrons. The van der Waals surface area contributed by atoms with Crippen LogP contribution < -0.4 is 20.6 Å². The molecule has 5 N–H and O–H groups in total. The zero-order chi connectivity index (χ0) is 21.5. The number of carbonyl (C=O) groups is 2. The predicted molar refractivity (Wildman–Crippen MR) is 114 cm³/mol. The maximum Gasteiger partial charge on any atom is 0.547 e. The van der Waals surface area contributed by atoms with Gasteiger partial charge in [-0.25, -0.2) is 4.79 Å². The Kier molecular flexibility index (Phi) is 8.12. The van der Waals surface area contributed by atoms with E-state index < -0.39 is 19.0 Å². The number of carboxylic acids is 1. The number of nitrogens with one attached hydrogen (secondary N) is 3. The third-order valence-corrected chi connectivity index (χ3v) is 5.98. The molecular weight excluding hydrogens is 385 g/mol. The Morgan fingerprint density at radius 1 is 1.20 bits per heavy atom. The molecule has 1 aromatic rings. The number of rotatable bonds is 10. The van der Waals surface area contributed by atoms with Crippen molar-refractivity contribution in [2.24, 2.45) is 11.8 Å². The topological polar surface area (TPSA) is 120 Å². The van der Waals surface area contributed by atoms with Gasteiger partial charge in [-0.15, -0.1) is 0 Å². The number of carboxylic acid groups (broad SMARTS) is 1. The van der Waals surface area contributed by atoms with Gasteiger partial charge in [0.1, 0.15) is 5.75 Å². The van der Waals surface area contributed by atoms with Crippen molar-refractivity contribution in [2.75, 3.05) is 26.2 Å². The maximum atomic E-state index is 12.5. The molecule has 3 atom stereocenters. The van der Waals surface area contributed by atoms with Crippen LogP contribution in [0.25, 0.3) is 0 Å². The molecule has 1 aliphatic heterocycles. The molecule has 8 nitrogen and oxygen atoms in total. The fourth-order valence-electron chi connectivity index (χ4n) is 4.45. The highest BCUT2D eigenvalue weighted by Crippen LogP contribution is 2.33. The molecule has 164 valence electrons. The van der Waals surface area contributed by atoms with Gasteiger partial charge in [-0.1, -0.05) is 19.1 Å². The third-order valence-electron chi connectivity index (χ3n) is 5.98. The van der Waals surface area contributed by atoms with Gasteiger partial charge in [-0.05, 0) is 62.2 Å². The largest absolute Gasteiger partial charge is 0.547 e. The van der Waals surface area contributed by atoms with Gasteiger partial charge in [-0.3, -0.25) is 4.79 Å². The first-order valence-electron chi connectivity index (χ1n) is 10.9. The van der Waals surface area contributed by atoms with Gasteiger partial charge in [0.05, 0.1) is 11.5 Å². The molecule has 3 rings (SSSR count). The Morgan fingerprint density at radius 2 is 1.97 bits per heavy atom. The number of likely N-dealkylation sites (N-methyl/N-ethyl adjacent to an activating group) is 1. The minimum atomic E-state index is -1.26. The van der Waals surface area contributed by atoms with E-state index in [1.165, 1.54) is 6.07 Å². The summed E-state index contributed by atoms with van der Waals surface area (Å²) < 4.78 is 5.44. The molecule has 9 heteroatoms. The van der Waals surface area contributed by atoms with Gasteiger partial charge in [0.25, 0.3) is 0 Å². The summed E-state index contributed by atoms with van der Waals surface area (Å²) in [5.74, 6) is -0.630. The lowest BCUT2D eigenvalue weighted by Gasteiger charge is -2.29. The SMILES string of the molecule is CCNCCNCC1CCC(CC(=O)NC2Cc3cccc(C(=O)O)c3OB2O)C1. The van der Waals surface area contributed by atoms with E-state index in [-0.39, 0.29) is 17.2 Å². The molecule has 30 heavy (non-hydrogen) atoms. The molecule has 1 saturated carbocycles. The number of benzene rings is 1. The molecule has 1 aromatic carbocycles. The molecule has 0 aromatic heterocycles. The van der Waals surface area contributed by atoms with Gasteiger partial charge < -0.3 is 30.7 Å². The first-order chi connectivity index (χ1) is 14.5. The number of para-hydroxylation sites is 1. The first-order valence-corrected chi connectivity index (χ1v) is 10.9. The molecule has 1 aliphatic carbocycles. The van der Waals surface area contributed by atoms with Crippen LogP contribution in [0.1, 0.15) is 48.5 Å². The zero-order valence-corrected chi connectivity index (χ0v) is 17.5. The summed E-state index contributed by atoms with van der Waals surface area (Å²) in [6.07, 6.45) is 4.00.